The van der Waals surface area contributed by atoms with Gasteiger partial charge in [-0.15, -0.1) is 0 Å². The Morgan fingerprint density at radius 1 is 1.26 bits per heavy atom. The number of thioether (sulfide) groups is 1. The maximum Gasteiger partial charge on any atom is 0.303 e. The third-order valence-electron chi connectivity index (χ3n) is 4.42. The van der Waals surface area contributed by atoms with Gasteiger partial charge in [0.1, 0.15) is 5.75 Å². The van der Waals surface area contributed by atoms with Crippen molar-refractivity contribution in [2.75, 3.05) is 23.5 Å². The molecule has 3 rings (SSSR count). The molecule has 27 heavy (non-hydrogen) atoms. The van der Waals surface area contributed by atoms with Gasteiger partial charge >= 0.3 is 5.97 Å². The van der Waals surface area contributed by atoms with E-state index in [2.05, 4.69) is 4.99 Å². The molecule has 2 aliphatic rings. The van der Waals surface area contributed by atoms with Gasteiger partial charge in [0.2, 0.25) is 5.91 Å². The molecule has 0 bridgehead atoms. The standard InChI is InChI=1S/C17H20N2O6S2/c1-25-12-7-5-11(6-8-12)19-13-9-27(23,24)10-14(13)26-17(19)18-15(20)3-2-4-16(21)22/h5-8,13-14H,2-4,9-10H2,1H3,(H,21,22). The molecule has 2 fully saturated rings. The number of amides is 1. The largest absolute Gasteiger partial charge is 0.497 e. The van der Waals surface area contributed by atoms with Crippen molar-refractivity contribution in [3.05, 3.63) is 24.3 Å². The number of sulfone groups is 1. The van der Waals surface area contributed by atoms with Gasteiger partial charge < -0.3 is 14.7 Å². The molecule has 1 aromatic carbocycles. The Hall–Kier alpha value is -2.07. The number of aliphatic carboxylic acids is 1. The van der Waals surface area contributed by atoms with Gasteiger partial charge in [-0.25, -0.2) is 8.42 Å². The summed E-state index contributed by atoms with van der Waals surface area (Å²) in [5.74, 6) is -0.612. The Balaban J connectivity index is 1.84. The molecule has 1 N–H and O–H groups in total. The molecular weight excluding hydrogens is 392 g/mol. The van der Waals surface area contributed by atoms with Crippen molar-refractivity contribution in [3.8, 4) is 5.75 Å². The summed E-state index contributed by atoms with van der Waals surface area (Å²) < 4.78 is 29.2. The van der Waals surface area contributed by atoms with Crippen LogP contribution >= 0.6 is 11.8 Å². The highest BCUT2D eigenvalue weighted by atomic mass is 32.2. The van der Waals surface area contributed by atoms with E-state index in [1.165, 1.54) is 11.8 Å². The van der Waals surface area contributed by atoms with Crippen molar-refractivity contribution in [1.29, 1.82) is 0 Å². The lowest BCUT2D eigenvalue weighted by Gasteiger charge is -2.24. The van der Waals surface area contributed by atoms with Crippen molar-refractivity contribution < 1.29 is 27.9 Å². The Bertz CT molecular complexity index is 866. The number of rotatable bonds is 6. The Morgan fingerprint density at radius 3 is 2.59 bits per heavy atom. The number of anilines is 1. The van der Waals surface area contributed by atoms with Crippen molar-refractivity contribution in [3.63, 3.8) is 0 Å². The van der Waals surface area contributed by atoms with Crippen LogP contribution in [0.25, 0.3) is 0 Å². The quantitative estimate of drug-likeness (QED) is 0.749. The average molecular weight is 412 g/mol. The summed E-state index contributed by atoms with van der Waals surface area (Å²) in [4.78, 5) is 28.7. The lowest BCUT2D eigenvalue weighted by molar-refractivity contribution is -0.137. The third kappa shape index (κ3) is 4.62. The van der Waals surface area contributed by atoms with Crippen LogP contribution in [0.2, 0.25) is 0 Å². The SMILES string of the molecule is COc1ccc(N2C(=NC(=O)CCCC(=O)O)SC3CS(=O)(=O)CC32)cc1. The van der Waals surface area contributed by atoms with Gasteiger partial charge in [-0.2, -0.15) is 4.99 Å². The van der Waals surface area contributed by atoms with Crippen LogP contribution in [0.15, 0.2) is 29.3 Å². The minimum atomic E-state index is -3.13. The summed E-state index contributed by atoms with van der Waals surface area (Å²) >= 11 is 1.29. The number of methoxy groups -OCH3 is 1. The number of carboxylic acids is 1. The normalized spacial score (nSPS) is 24.8. The van der Waals surface area contributed by atoms with Crippen LogP contribution in [-0.2, 0) is 19.4 Å². The molecule has 1 aromatic rings. The Kier molecular flexibility index (Phi) is 5.75. The molecular formula is C17H20N2O6S2. The summed E-state index contributed by atoms with van der Waals surface area (Å²) in [6.45, 7) is 0. The van der Waals surface area contributed by atoms with Crippen molar-refractivity contribution >= 4 is 44.3 Å². The minimum Gasteiger partial charge on any atom is -0.497 e. The fraction of sp³-hybridized carbons (Fsp3) is 0.471. The highest BCUT2D eigenvalue weighted by molar-refractivity contribution is 8.16. The number of carbonyl (C=O) groups is 2. The van der Waals surface area contributed by atoms with Gasteiger partial charge in [0.15, 0.2) is 15.0 Å². The van der Waals surface area contributed by atoms with E-state index in [1.54, 1.807) is 36.3 Å². The Morgan fingerprint density at radius 2 is 1.96 bits per heavy atom. The van der Waals surface area contributed by atoms with E-state index in [-0.39, 0.29) is 42.1 Å². The number of fused-ring (bicyclic) bond motifs is 1. The number of ether oxygens (including phenoxy) is 1. The van der Waals surface area contributed by atoms with Crippen LogP contribution in [-0.4, -0.2) is 60.5 Å². The number of hydrogen-bond acceptors (Lipinski definition) is 6. The van der Waals surface area contributed by atoms with Gasteiger partial charge in [0.05, 0.1) is 24.7 Å². The number of amidine groups is 1. The maximum absolute atomic E-state index is 12.1. The fourth-order valence-electron chi connectivity index (χ4n) is 3.16. The molecule has 10 heteroatoms. The topological polar surface area (TPSA) is 113 Å². The molecule has 2 unspecified atom stereocenters. The summed E-state index contributed by atoms with van der Waals surface area (Å²) in [5.41, 5.74) is 0.741. The molecule has 1 amide bonds. The first-order chi connectivity index (χ1) is 12.8. The number of carbonyl (C=O) groups excluding carboxylic acids is 1. The number of carboxylic acid groups (broad SMARTS) is 1. The third-order valence-corrected chi connectivity index (χ3v) is 7.63. The second-order valence-electron chi connectivity index (χ2n) is 6.40. The molecule has 0 saturated carbocycles. The first-order valence-electron chi connectivity index (χ1n) is 8.43. The van der Waals surface area contributed by atoms with Crippen molar-refractivity contribution in [1.82, 2.24) is 0 Å². The second kappa shape index (κ2) is 7.89. The van der Waals surface area contributed by atoms with Gasteiger partial charge in [-0.1, -0.05) is 11.8 Å². The van der Waals surface area contributed by atoms with Gasteiger partial charge in [0.25, 0.3) is 0 Å². The molecule has 2 atom stereocenters. The first kappa shape index (κ1) is 19.7. The van der Waals surface area contributed by atoms with E-state index in [0.717, 1.165) is 5.69 Å². The lowest BCUT2D eigenvalue weighted by atomic mass is 10.2. The Labute approximate surface area is 161 Å². The van der Waals surface area contributed by atoms with Gasteiger partial charge in [-0.3, -0.25) is 9.59 Å². The first-order valence-corrected chi connectivity index (χ1v) is 11.1. The zero-order valence-electron chi connectivity index (χ0n) is 14.7. The van der Waals surface area contributed by atoms with Gasteiger partial charge in [-0.05, 0) is 30.7 Å². The molecule has 0 aliphatic carbocycles. The van der Waals surface area contributed by atoms with E-state index in [1.807, 2.05) is 0 Å². The number of nitrogens with zero attached hydrogens (tertiary/aromatic N) is 2. The highest BCUT2D eigenvalue weighted by Crippen LogP contribution is 2.41. The lowest BCUT2D eigenvalue weighted by Crippen LogP contribution is -2.37. The zero-order valence-corrected chi connectivity index (χ0v) is 16.3. The summed E-state index contributed by atoms with van der Waals surface area (Å²) in [6.07, 6.45) is 0.176. The van der Waals surface area contributed by atoms with Crippen LogP contribution in [0.3, 0.4) is 0 Å². The predicted molar refractivity (Wildman–Crippen MR) is 103 cm³/mol. The number of aliphatic imine (C=N–C) groups is 1. The fourth-order valence-corrected chi connectivity index (χ4v) is 7.09. The van der Waals surface area contributed by atoms with Crippen LogP contribution < -0.4 is 9.64 Å². The summed E-state index contributed by atoms with van der Waals surface area (Å²) in [6, 6.07) is 6.86. The minimum absolute atomic E-state index is 0.0168. The zero-order chi connectivity index (χ0) is 19.6. The van der Waals surface area contributed by atoms with Crippen LogP contribution in [0.5, 0.6) is 5.75 Å². The summed E-state index contributed by atoms with van der Waals surface area (Å²) in [7, 11) is -1.57. The molecule has 0 radical (unpaired) electrons. The van der Waals surface area contributed by atoms with E-state index < -0.39 is 21.7 Å². The van der Waals surface area contributed by atoms with E-state index in [4.69, 9.17) is 9.84 Å². The maximum atomic E-state index is 12.1. The highest BCUT2D eigenvalue weighted by Gasteiger charge is 2.49. The molecule has 8 nitrogen and oxygen atoms in total. The molecule has 0 aromatic heterocycles. The molecule has 2 heterocycles. The van der Waals surface area contributed by atoms with Gasteiger partial charge in [0, 0.05) is 23.8 Å². The summed E-state index contributed by atoms with van der Waals surface area (Å²) in [5, 5.41) is 8.96. The molecule has 0 spiro atoms. The molecule has 146 valence electrons. The van der Waals surface area contributed by atoms with Crippen molar-refractivity contribution in [2.45, 2.75) is 30.6 Å². The van der Waals surface area contributed by atoms with Crippen LogP contribution in [0.4, 0.5) is 5.69 Å². The molecule has 2 saturated heterocycles. The van der Waals surface area contributed by atoms with Crippen LogP contribution in [0, 0.1) is 0 Å². The average Bonchev–Trinajstić information content (AvgIpc) is 3.05. The smallest absolute Gasteiger partial charge is 0.303 e. The van der Waals surface area contributed by atoms with Crippen LogP contribution in [0.1, 0.15) is 19.3 Å². The van der Waals surface area contributed by atoms with Crippen molar-refractivity contribution in [2.24, 2.45) is 4.99 Å². The second-order valence-corrected chi connectivity index (χ2v) is 9.76. The van der Waals surface area contributed by atoms with E-state index in [9.17, 15) is 18.0 Å². The predicted octanol–water partition coefficient (Wildman–Crippen LogP) is 1.55. The number of hydrogen-bond donors (Lipinski definition) is 1. The molecule has 2 aliphatic heterocycles. The van der Waals surface area contributed by atoms with E-state index >= 15 is 0 Å². The number of benzene rings is 1. The van der Waals surface area contributed by atoms with E-state index in [0.29, 0.717) is 10.9 Å². The monoisotopic (exact) mass is 412 g/mol.